The monoisotopic (exact) mass is 488 g/mol. The molecule has 2 aromatic carbocycles. The molecule has 36 heavy (non-hydrogen) atoms. The minimum atomic E-state index is -1.43. The van der Waals surface area contributed by atoms with Gasteiger partial charge in [-0.3, -0.25) is 9.63 Å². The average molecular weight is 489 g/mol. The molecule has 0 radical (unpaired) electrons. The molecule has 3 atom stereocenters. The fraction of sp³-hybridized carbons (Fsp3) is 0.379. The molecule has 1 saturated heterocycles. The minimum absolute atomic E-state index is 0.115. The van der Waals surface area contributed by atoms with Crippen LogP contribution in [0.4, 0.5) is 0 Å². The van der Waals surface area contributed by atoms with E-state index in [1.54, 1.807) is 19.4 Å². The Morgan fingerprint density at radius 1 is 1.14 bits per heavy atom. The van der Waals surface area contributed by atoms with Crippen LogP contribution in [0.15, 0.2) is 66.9 Å². The number of rotatable bonds is 9. The maximum atomic E-state index is 13.6. The molecule has 188 valence electrons. The molecule has 0 bridgehead atoms. The summed E-state index contributed by atoms with van der Waals surface area (Å²) in [5.41, 5.74) is 3.23. The van der Waals surface area contributed by atoms with E-state index in [2.05, 4.69) is 17.1 Å². The number of aliphatic hydroxyl groups is 1. The van der Waals surface area contributed by atoms with Gasteiger partial charge in [-0.05, 0) is 41.2 Å². The fourth-order valence-corrected chi connectivity index (χ4v) is 5.42. The maximum absolute atomic E-state index is 13.6. The number of benzene rings is 2. The predicted molar refractivity (Wildman–Crippen MR) is 134 cm³/mol. The van der Waals surface area contributed by atoms with E-state index in [9.17, 15) is 9.90 Å². The van der Waals surface area contributed by atoms with Gasteiger partial charge >= 0.3 is 0 Å². The molecular weight excluding hydrogens is 456 g/mol. The van der Waals surface area contributed by atoms with E-state index < -0.39 is 5.60 Å². The lowest BCUT2D eigenvalue weighted by atomic mass is 9.85. The third-order valence-corrected chi connectivity index (χ3v) is 7.33. The molecule has 7 nitrogen and oxygen atoms in total. The second kappa shape index (κ2) is 10.4. The van der Waals surface area contributed by atoms with Crippen molar-refractivity contribution in [1.29, 1.82) is 0 Å². The summed E-state index contributed by atoms with van der Waals surface area (Å²) in [6, 6.07) is 19.7. The van der Waals surface area contributed by atoms with Gasteiger partial charge in [0.15, 0.2) is 0 Å². The first-order chi connectivity index (χ1) is 17.5. The molecule has 1 aliphatic carbocycles. The SMILES string of the molecule is CCC(O)(CC(=O)N1OC[C@H]2Cc3ccccc3[C@H]21)c1ccnc(OC)c1COCc1ccccc1. The summed E-state index contributed by atoms with van der Waals surface area (Å²) in [5, 5.41) is 13.3. The summed E-state index contributed by atoms with van der Waals surface area (Å²) in [6.07, 6.45) is 2.70. The fourth-order valence-electron chi connectivity index (χ4n) is 5.42. The van der Waals surface area contributed by atoms with Crippen LogP contribution in [0.1, 0.15) is 53.6 Å². The quantitative estimate of drug-likeness (QED) is 0.478. The Morgan fingerprint density at radius 3 is 2.69 bits per heavy atom. The van der Waals surface area contributed by atoms with Crippen LogP contribution in [0, 0.1) is 5.92 Å². The summed E-state index contributed by atoms with van der Waals surface area (Å²) >= 11 is 0. The lowest BCUT2D eigenvalue weighted by Gasteiger charge is -2.32. The lowest BCUT2D eigenvalue weighted by Crippen LogP contribution is -2.38. The third-order valence-electron chi connectivity index (χ3n) is 7.33. The highest BCUT2D eigenvalue weighted by Crippen LogP contribution is 2.46. The van der Waals surface area contributed by atoms with Gasteiger partial charge in [-0.2, -0.15) is 0 Å². The van der Waals surface area contributed by atoms with Gasteiger partial charge < -0.3 is 14.6 Å². The zero-order valence-electron chi connectivity index (χ0n) is 20.7. The number of ether oxygens (including phenoxy) is 2. The first-order valence-electron chi connectivity index (χ1n) is 12.4. The number of hydrogen-bond acceptors (Lipinski definition) is 6. The maximum Gasteiger partial charge on any atom is 0.249 e. The van der Waals surface area contributed by atoms with Crippen molar-refractivity contribution in [3.8, 4) is 5.88 Å². The van der Waals surface area contributed by atoms with Crippen LogP contribution in [0.2, 0.25) is 0 Å². The highest BCUT2D eigenvalue weighted by molar-refractivity contribution is 5.78. The smallest absolute Gasteiger partial charge is 0.249 e. The van der Waals surface area contributed by atoms with Crippen LogP contribution >= 0.6 is 0 Å². The topological polar surface area (TPSA) is 81.1 Å². The van der Waals surface area contributed by atoms with Crippen molar-refractivity contribution in [3.63, 3.8) is 0 Å². The molecule has 0 saturated carbocycles. The van der Waals surface area contributed by atoms with Crippen molar-refractivity contribution in [3.05, 3.63) is 94.7 Å². The van der Waals surface area contributed by atoms with Crippen LogP contribution < -0.4 is 4.74 Å². The van der Waals surface area contributed by atoms with Gasteiger partial charge in [-0.15, -0.1) is 0 Å². The molecule has 0 spiro atoms. The third kappa shape index (κ3) is 4.62. The first kappa shape index (κ1) is 24.4. The van der Waals surface area contributed by atoms with E-state index in [0.717, 1.165) is 17.5 Å². The molecule has 2 heterocycles. The molecule has 1 unspecified atom stereocenters. The predicted octanol–water partition coefficient (Wildman–Crippen LogP) is 4.48. The van der Waals surface area contributed by atoms with Gasteiger partial charge in [0, 0.05) is 17.7 Å². The Bertz CT molecular complexity index is 1220. The lowest BCUT2D eigenvalue weighted by molar-refractivity contribution is -0.182. The van der Waals surface area contributed by atoms with E-state index >= 15 is 0 Å². The number of aromatic nitrogens is 1. The molecule has 1 aliphatic heterocycles. The molecule has 2 aliphatic rings. The number of carbonyl (C=O) groups excluding carboxylic acids is 1. The summed E-state index contributed by atoms with van der Waals surface area (Å²) < 4.78 is 11.5. The average Bonchev–Trinajstić information content (AvgIpc) is 3.49. The number of hydrogen-bond donors (Lipinski definition) is 1. The van der Waals surface area contributed by atoms with Crippen molar-refractivity contribution in [1.82, 2.24) is 10.0 Å². The first-order valence-corrected chi connectivity index (χ1v) is 12.4. The Labute approximate surface area is 211 Å². The van der Waals surface area contributed by atoms with Crippen molar-refractivity contribution >= 4 is 5.91 Å². The number of amides is 1. The van der Waals surface area contributed by atoms with Crippen LogP contribution in [0.5, 0.6) is 5.88 Å². The van der Waals surface area contributed by atoms with Gasteiger partial charge in [0.1, 0.15) is 0 Å². The molecule has 1 N–H and O–H groups in total. The van der Waals surface area contributed by atoms with Crippen LogP contribution in [0.25, 0.3) is 0 Å². The Morgan fingerprint density at radius 2 is 1.92 bits per heavy atom. The van der Waals surface area contributed by atoms with E-state index in [-0.39, 0.29) is 30.9 Å². The molecular formula is C29H32N2O5. The number of carbonyl (C=O) groups is 1. The number of pyridine rings is 1. The zero-order chi connectivity index (χ0) is 25.1. The van der Waals surface area contributed by atoms with E-state index in [4.69, 9.17) is 14.3 Å². The van der Waals surface area contributed by atoms with Crippen molar-refractivity contribution in [2.75, 3.05) is 13.7 Å². The van der Waals surface area contributed by atoms with Crippen molar-refractivity contribution < 1.29 is 24.2 Å². The minimum Gasteiger partial charge on any atom is -0.481 e. The van der Waals surface area contributed by atoms with E-state index in [1.807, 2.05) is 49.4 Å². The largest absolute Gasteiger partial charge is 0.481 e. The second-order valence-electron chi connectivity index (χ2n) is 9.51. The summed E-state index contributed by atoms with van der Waals surface area (Å²) in [5.74, 6) is 0.376. The van der Waals surface area contributed by atoms with Crippen molar-refractivity contribution in [2.45, 2.75) is 51.0 Å². The normalized spacial score (nSPS) is 20.0. The summed E-state index contributed by atoms with van der Waals surface area (Å²) in [4.78, 5) is 23.8. The van der Waals surface area contributed by atoms with Crippen LogP contribution in [-0.2, 0) is 39.6 Å². The van der Waals surface area contributed by atoms with Gasteiger partial charge in [0.05, 0.1) is 45.0 Å². The van der Waals surface area contributed by atoms with Crippen LogP contribution in [0.3, 0.4) is 0 Å². The summed E-state index contributed by atoms with van der Waals surface area (Å²) in [7, 11) is 1.54. The van der Waals surface area contributed by atoms with Gasteiger partial charge in [0.2, 0.25) is 11.8 Å². The standard InChI is InChI=1S/C29H32N2O5/c1-3-29(33,16-26(32)31-27-22(18-36-31)15-21-11-7-8-12-23(21)27)25-13-14-30-28(34-2)24(25)19-35-17-20-9-5-4-6-10-20/h4-14,22,27,33H,3,15-19H2,1-2H3/t22-,27+,29?/m1/s1. The highest BCUT2D eigenvalue weighted by atomic mass is 16.7. The van der Waals surface area contributed by atoms with E-state index in [0.29, 0.717) is 36.6 Å². The molecule has 5 rings (SSSR count). The summed E-state index contributed by atoms with van der Waals surface area (Å²) in [6.45, 7) is 2.96. The molecule has 3 aromatic rings. The molecule has 7 heteroatoms. The number of fused-ring (bicyclic) bond motifs is 3. The highest BCUT2D eigenvalue weighted by Gasteiger charge is 2.46. The van der Waals surface area contributed by atoms with Crippen molar-refractivity contribution in [2.24, 2.45) is 5.92 Å². The molecule has 1 amide bonds. The van der Waals surface area contributed by atoms with Gasteiger partial charge in [-0.25, -0.2) is 10.0 Å². The Kier molecular flexibility index (Phi) is 7.05. The number of methoxy groups -OCH3 is 1. The molecule has 1 aromatic heterocycles. The number of nitrogens with zero attached hydrogens (tertiary/aromatic N) is 2. The van der Waals surface area contributed by atoms with E-state index in [1.165, 1.54) is 10.6 Å². The Hall–Kier alpha value is -3.26. The second-order valence-corrected chi connectivity index (χ2v) is 9.51. The Balaban J connectivity index is 1.37. The van der Waals surface area contributed by atoms with Gasteiger partial charge in [-0.1, -0.05) is 61.5 Å². The number of hydroxylamine groups is 2. The molecule has 1 fully saturated rings. The van der Waals surface area contributed by atoms with Gasteiger partial charge in [0.25, 0.3) is 0 Å². The van der Waals surface area contributed by atoms with Crippen LogP contribution in [-0.4, -0.2) is 34.8 Å². The zero-order valence-corrected chi connectivity index (χ0v) is 20.7.